The molecule has 4 heteroatoms. The molecule has 0 saturated heterocycles. The molecule has 33 heavy (non-hydrogen) atoms. The van der Waals surface area contributed by atoms with Crippen molar-refractivity contribution in [2.45, 2.75) is 19.8 Å². The molecule has 0 radical (unpaired) electrons. The normalized spacial score (nSPS) is 15.0. The summed E-state index contributed by atoms with van der Waals surface area (Å²) in [6.45, 7) is 4.26. The number of fused-ring (bicyclic) bond motifs is 2. The molecule has 0 N–H and O–H groups in total. The number of nitrogens with zero attached hydrogens (tertiary/aromatic N) is 3. The highest BCUT2D eigenvalue weighted by molar-refractivity contribution is 6.00. The van der Waals surface area contributed by atoms with Gasteiger partial charge in [-0.1, -0.05) is 65.7 Å². The number of ketones is 1. The molecule has 4 aromatic rings. The van der Waals surface area contributed by atoms with Gasteiger partial charge in [0.25, 0.3) is 0 Å². The number of anilines is 1. The number of carbonyl (C=O) groups is 1. The van der Waals surface area contributed by atoms with Crippen molar-refractivity contribution in [2.24, 2.45) is 0 Å². The minimum Gasteiger partial charge on any atom is -0.339 e. The van der Waals surface area contributed by atoms with Crippen LogP contribution in [0.4, 0.5) is 5.69 Å². The van der Waals surface area contributed by atoms with Crippen molar-refractivity contribution in [3.8, 4) is 6.07 Å². The van der Waals surface area contributed by atoms with E-state index in [1.54, 1.807) is 0 Å². The highest BCUT2D eigenvalue weighted by Gasteiger charge is 2.30. The molecule has 0 bridgehead atoms. The Kier molecular flexibility index (Phi) is 5.24. The predicted molar refractivity (Wildman–Crippen MR) is 132 cm³/mol. The quantitative estimate of drug-likeness (QED) is 0.362. The first-order valence-electron chi connectivity index (χ1n) is 11.0. The number of hydrogen-bond acceptors (Lipinski definition) is 4. The maximum absolute atomic E-state index is 13.0. The van der Waals surface area contributed by atoms with Gasteiger partial charge >= 0.3 is 0 Å². The fourth-order valence-electron chi connectivity index (χ4n) is 4.41. The first-order chi connectivity index (χ1) is 16.0. The molecule has 0 unspecified atom stereocenters. The molecule has 1 aliphatic heterocycles. The van der Waals surface area contributed by atoms with Gasteiger partial charge in [0.2, 0.25) is 0 Å². The lowest BCUT2D eigenvalue weighted by molar-refractivity contribution is 0.100. The van der Waals surface area contributed by atoms with Gasteiger partial charge in [0.15, 0.2) is 5.78 Å². The molecule has 5 rings (SSSR count). The molecule has 2 heterocycles. The molecule has 160 valence electrons. The van der Waals surface area contributed by atoms with Crippen LogP contribution in [-0.2, 0) is 0 Å². The van der Waals surface area contributed by atoms with Gasteiger partial charge in [-0.15, -0.1) is 0 Å². The molecule has 3 aromatic carbocycles. The predicted octanol–water partition coefficient (Wildman–Crippen LogP) is 6.20. The molecule has 0 amide bonds. The number of aryl methyl sites for hydroxylation is 2. The number of aromatic nitrogens is 1. The Morgan fingerprint density at radius 1 is 0.970 bits per heavy atom. The number of carbonyl (C=O) groups excluding carboxylic acids is 1. The number of nitriles is 1. The van der Waals surface area contributed by atoms with Crippen LogP contribution in [0.2, 0.25) is 0 Å². The largest absolute Gasteiger partial charge is 0.339 e. The first kappa shape index (κ1) is 20.7. The summed E-state index contributed by atoms with van der Waals surface area (Å²) in [5, 5.41) is 11.2. The van der Waals surface area contributed by atoms with Crippen LogP contribution in [-0.4, -0.2) is 17.3 Å². The average molecular weight is 430 g/mol. The number of benzene rings is 3. The molecule has 0 fully saturated rings. The monoisotopic (exact) mass is 429 g/mol. The summed E-state index contributed by atoms with van der Waals surface area (Å²) in [6, 6.07) is 28.0. The average Bonchev–Trinajstić information content (AvgIpc) is 2.83. The third-order valence-electron chi connectivity index (χ3n) is 6.09. The maximum atomic E-state index is 13.0. The minimum atomic E-state index is -0.460. The fourth-order valence-corrected chi connectivity index (χ4v) is 4.41. The first-order valence-corrected chi connectivity index (χ1v) is 11.0. The van der Waals surface area contributed by atoms with Crippen LogP contribution < -0.4 is 4.90 Å². The smallest absolute Gasteiger partial charge is 0.182 e. The van der Waals surface area contributed by atoms with Crippen LogP contribution in [0.15, 0.2) is 85.1 Å². The van der Waals surface area contributed by atoms with E-state index in [0.29, 0.717) is 5.56 Å². The van der Waals surface area contributed by atoms with Gasteiger partial charge in [0, 0.05) is 28.4 Å². The summed E-state index contributed by atoms with van der Waals surface area (Å²) >= 11 is 0. The van der Waals surface area contributed by atoms with E-state index in [1.807, 2.05) is 90.8 Å². The van der Waals surface area contributed by atoms with E-state index < -0.39 is 5.92 Å². The van der Waals surface area contributed by atoms with Crippen molar-refractivity contribution in [1.82, 2.24) is 4.98 Å². The van der Waals surface area contributed by atoms with Crippen molar-refractivity contribution in [2.75, 3.05) is 11.4 Å². The van der Waals surface area contributed by atoms with Gasteiger partial charge in [0.05, 0.1) is 23.8 Å². The second-order valence-corrected chi connectivity index (χ2v) is 8.52. The fraction of sp³-hybridized carbons (Fsp3) is 0.138. The Bertz CT molecular complexity index is 1450. The summed E-state index contributed by atoms with van der Waals surface area (Å²) in [4.78, 5) is 19.9. The van der Waals surface area contributed by atoms with Gasteiger partial charge in [-0.2, -0.15) is 5.26 Å². The molecule has 1 aliphatic rings. The Labute approximate surface area is 193 Å². The van der Waals surface area contributed by atoms with E-state index in [4.69, 9.17) is 4.98 Å². The molecule has 0 aliphatic carbocycles. The molecule has 1 atom stereocenters. The second-order valence-electron chi connectivity index (χ2n) is 8.52. The van der Waals surface area contributed by atoms with Crippen molar-refractivity contribution in [1.29, 1.82) is 5.26 Å². The van der Waals surface area contributed by atoms with Crippen molar-refractivity contribution < 1.29 is 4.79 Å². The van der Waals surface area contributed by atoms with E-state index in [-0.39, 0.29) is 12.3 Å². The number of hydrogen-bond donors (Lipinski definition) is 0. The number of Topliss-reactive ketones (excluding diaryl/α,β-unsaturated/α-hetero) is 1. The minimum absolute atomic E-state index is 0.0232. The van der Waals surface area contributed by atoms with E-state index in [2.05, 4.69) is 19.1 Å². The Morgan fingerprint density at radius 2 is 1.73 bits per heavy atom. The maximum Gasteiger partial charge on any atom is 0.182 e. The SMILES string of the molecule is Cc1ccc2c(c1)[C@@H](C#N)C(c1ccc3cc(C)ccc3n1)=CN2CC(=O)c1ccccc1. The summed E-state index contributed by atoms with van der Waals surface area (Å²) < 4.78 is 0. The topological polar surface area (TPSA) is 57.0 Å². The van der Waals surface area contributed by atoms with Crippen LogP contribution in [0, 0.1) is 25.2 Å². The van der Waals surface area contributed by atoms with Gasteiger partial charge in [-0.3, -0.25) is 4.79 Å². The number of rotatable bonds is 4. The zero-order chi connectivity index (χ0) is 22.9. The van der Waals surface area contributed by atoms with Crippen molar-refractivity contribution in [3.63, 3.8) is 0 Å². The molecule has 4 nitrogen and oxygen atoms in total. The summed E-state index contributed by atoms with van der Waals surface area (Å²) in [6.07, 6.45) is 1.93. The molecule has 1 aromatic heterocycles. The summed E-state index contributed by atoms with van der Waals surface area (Å²) in [5.41, 5.74) is 7.16. The molecule has 0 saturated carbocycles. The van der Waals surface area contributed by atoms with Crippen LogP contribution in [0.3, 0.4) is 0 Å². The van der Waals surface area contributed by atoms with Crippen LogP contribution in [0.25, 0.3) is 16.5 Å². The molecular formula is C29H23N3O. The van der Waals surface area contributed by atoms with Crippen molar-refractivity contribution >= 4 is 27.9 Å². The van der Waals surface area contributed by atoms with Crippen LogP contribution >= 0.6 is 0 Å². The van der Waals surface area contributed by atoms with E-state index in [9.17, 15) is 10.1 Å². The second kappa shape index (κ2) is 8.37. The van der Waals surface area contributed by atoms with Gasteiger partial charge in [-0.25, -0.2) is 4.98 Å². The van der Waals surface area contributed by atoms with Crippen LogP contribution in [0.5, 0.6) is 0 Å². The molecule has 0 spiro atoms. The Hall–Kier alpha value is -4.23. The van der Waals surface area contributed by atoms with Gasteiger partial charge in [0.1, 0.15) is 5.92 Å². The third-order valence-corrected chi connectivity index (χ3v) is 6.09. The third kappa shape index (κ3) is 3.90. The number of pyridine rings is 1. The zero-order valence-corrected chi connectivity index (χ0v) is 18.6. The van der Waals surface area contributed by atoms with Crippen LogP contribution in [0.1, 0.15) is 38.7 Å². The highest BCUT2D eigenvalue weighted by atomic mass is 16.1. The summed E-state index contributed by atoms with van der Waals surface area (Å²) in [5.74, 6) is -0.437. The van der Waals surface area contributed by atoms with Gasteiger partial charge in [-0.05, 0) is 43.7 Å². The zero-order valence-electron chi connectivity index (χ0n) is 18.6. The lowest BCUT2D eigenvalue weighted by atomic mass is 9.85. The van der Waals surface area contributed by atoms with Crippen molar-refractivity contribution in [3.05, 3.63) is 113 Å². The van der Waals surface area contributed by atoms with E-state index in [1.165, 1.54) is 5.56 Å². The van der Waals surface area contributed by atoms with E-state index >= 15 is 0 Å². The standard InChI is InChI=1S/C29H23N3O/c1-19-8-11-26-22(14-19)10-12-27(31-26)25-17-32(18-29(33)21-6-4-3-5-7-21)28-13-9-20(2)15-23(28)24(25)16-30/h3-15,17,24H,18H2,1-2H3/t24-/m1/s1. The van der Waals surface area contributed by atoms with Gasteiger partial charge < -0.3 is 4.90 Å². The lowest BCUT2D eigenvalue weighted by Crippen LogP contribution is -2.29. The summed E-state index contributed by atoms with van der Waals surface area (Å²) in [7, 11) is 0. The number of allylic oxidation sites excluding steroid dienone is 1. The lowest BCUT2D eigenvalue weighted by Gasteiger charge is -2.32. The highest BCUT2D eigenvalue weighted by Crippen LogP contribution is 2.42. The molecular weight excluding hydrogens is 406 g/mol. The Morgan fingerprint density at radius 3 is 2.52 bits per heavy atom. The van der Waals surface area contributed by atoms with E-state index in [0.717, 1.165) is 39.0 Å². The Balaban J connectivity index is 1.62.